The van der Waals surface area contributed by atoms with Crippen molar-refractivity contribution in [3.05, 3.63) is 0 Å². The van der Waals surface area contributed by atoms with Crippen LogP contribution in [0.4, 0.5) is 0 Å². The Bertz CT molecular complexity index is 523. The largest absolute Gasteiger partial charge is 0.379 e. The summed E-state index contributed by atoms with van der Waals surface area (Å²) in [5.41, 5.74) is 0. The number of hydrogen-bond acceptors (Lipinski definition) is 5. The fraction of sp³-hybridized carbons (Fsp3) is 0.941. The fourth-order valence-corrected chi connectivity index (χ4v) is 3.91. The summed E-state index contributed by atoms with van der Waals surface area (Å²) in [6, 6.07) is 0. The first-order valence-corrected chi connectivity index (χ1v) is 11.4. The first kappa shape index (κ1) is 24.9. The molecule has 2 fully saturated rings. The van der Waals surface area contributed by atoms with E-state index in [0.29, 0.717) is 38.2 Å². The molecule has 1 atom stereocenters. The summed E-state index contributed by atoms with van der Waals surface area (Å²) in [6.45, 7) is 3.81. The van der Waals surface area contributed by atoms with Crippen LogP contribution in [-0.2, 0) is 19.5 Å². The lowest BCUT2D eigenvalue weighted by Gasteiger charge is -2.25. The van der Waals surface area contributed by atoms with Gasteiger partial charge in [0.1, 0.15) is 0 Å². The van der Waals surface area contributed by atoms with Gasteiger partial charge in [0.05, 0.1) is 18.5 Å². The van der Waals surface area contributed by atoms with Gasteiger partial charge in [0.25, 0.3) is 0 Å². The van der Waals surface area contributed by atoms with Crippen LogP contribution in [0.1, 0.15) is 38.5 Å². The molecule has 10 heteroatoms. The minimum absolute atomic E-state index is 0. The second-order valence-corrected chi connectivity index (χ2v) is 8.88. The average molecular weight is 518 g/mol. The number of rotatable bonds is 12. The third-order valence-electron chi connectivity index (χ3n) is 4.79. The van der Waals surface area contributed by atoms with E-state index >= 15 is 0 Å². The van der Waals surface area contributed by atoms with E-state index in [1.54, 1.807) is 7.05 Å². The van der Waals surface area contributed by atoms with Gasteiger partial charge in [-0.3, -0.25) is 4.99 Å². The zero-order valence-corrected chi connectivity index (χ0v) is 19.4. The third kappa shape index (κ3) is 10.8. The predicted molar refractivity (Wildman–Crippen MR) is 118 cm³/mol. The van der Waals surface area contributed by atoms with E-state index < -0.39 is 10.0 Å². The minimum Gasteiger partial charge on any atom is -0.379 e. The lowest BCUT2D eigenvalue weighted by molar-refractivity contribution is 0.0168. The van der Waals surface area contributed by atoms with Crippen LogP contribution in [0.15, 0.2) is 4.99 Å². The highest BCUT2D eigenvalue weighted by Gasteiger charge is 2.20. The normalized spacial score (nSPS) is 20.8. The van der Waals surface area contributed by atoms with E-state index in [1.807, 2.05) is 0 Å². The maximum Gasteiger partial charge on any atom is 0.213 e. The van der Waals surface area contributed by atoms with Crippen molar-refractivity contribution in [3.8, 4) is 0 Å². The molecule has 0 aromatic rings. The number of nitrogens with zero attached hydrogens (tertiary/aromatic N) is 1. The van der Waals surface area contributed by atoms with Crippen LogP contribution in [0.3, 0.4) is 0 Å². The summed E-state index contributed by atoms with van der Waals surface area (Å²) in [5.74, 6) is 1.18. The van der Waals surface area contributed by atoms with Crippen molar-refractivity contribution in [3.63, 3.8) is 0 Å². The van der Waals surface area contributed by atoms with E-state index in [2.05, 4.69) is 20.3 Å². The van der Waals surface area contributed by atoms with Crippen LogP contribution in [0, 0.1) is 5.92 Å². The Balaban J connectivity index is 0.00000364. The van der Waals surface area contributed by atoms with E-state index in [-0.39, 0.29) is 35.8 Å². The maximum atomic E-state index is 11.9. The van der Waals surface area contributed by atoms with E-state index in [1.165, 1.54) is 6.42 Å². The van der Waals surface area contributed by atoms with Crippen molar-refractivity contribution in [2.24, 2.45) is 10.9 Å². The molecule has 0 amide bonds. The molecule has 1 unspecified atom stereocenters. The smallest absolute Gasteiger partial charge is 0.213 e. The van der Waals surface area contributed by atoms with E-state index in [0.717, 1.165) is 45.3 Å². The van der Waals surface area contributed by atoms with Crippen molar-refractivity contribution in [1.29, 1.82) is 0 Å². The van der Waals surface area contributed by atoms with Gasteiger partial charge in [-0.15, -0.1) is 24.0 Å². The second-order valence-electron chi connectivity index (χ2n) is 6.95. The first-order valence-electron chi connectivity index (χ1n) is 9.70. The standard InChI is InChI=1S/C17H34N4O4S.HI/c1-18-17(19-8-4-10-24-14-16-7-3-11-25-16)20-9-12-26(22,23)21-13-15-5-2-6-15;/h15-16,21H,2-14H2,1H3,(H2,18,19,20);1H. The summed E-state index contributed by atoms with van der Waals surface area (Å²) in [5, 5.41) is 6.20. The number of sulfonamides is 1. The molecule has 1 heterocycles. The SMILES string of the molecule is CN=C(NCCCOCC1CCCO1)NCCS(=O)(=O)NCC1CCC1.I. The van der Waals surface area contributed by atoms with Gasteiger partial charge >= 0.3 is 0 Å². The van der Waals surface area contributed by atoms with Crippen molar-refractivity contribution in [1.82, 2.24) is 15.4 Å². The van der Waals surface area contributed by atoms with Crippen molar-refractivity contribution >= 4 is 40.0 Å². The molecule has 8 nitrogen and oxygen atoms in total. The molecule has 0 aromatic carbocycles. The first-order chi connectivity index (χ1) is 12.6. The molecular formula is C17H35IN4O4S. The molecule has 3 N–H and O–H groups in total. The number of ether oxygens (including phenoxy) is 2. The molecule has 1 aliphatic carbocycles. The van der Waals surface area contributed by atoms with Gasteiger partial charge in [-0.1, -0.05) is 6.42 Å². The molecule has 1 saturated heterocycles. The number of halogens is 1. The molecular weight excluding hydrogens is 483 g/mol. The Labute approximate surface area is 180 Å². The Morgan fingerprint density at radius 3 is 2.59 bits per heavy atom. The highest BCUT2D eigenvalue weighted by atomic mass is 127. The van der Waals surface area contributed by atoms with Gasteiger partial charge < -0.3 is 20.1 Å². The van der Waals surface area contributed by atoms with Gasteiger partial charge in [-0.2, -0.15) is 0 Å². The van der Waals surface area contributed by atoms with Gasteiger partial charge in [0.2, 0.25) is 10.0 Å². The van der Waals surface area contributed by atoms with Gasteiger partial charge in [-0.05, 0) is 38.0 Å². The summed E-state index contributed by atoms with van der Waals surface area (Å²) >= 11 is 0. The second kappa shape index (κ2) is 13.9. The van der Waals surface area contributed by atoms with Crippen LogP contribution in [0.5, 0.6) is 0 Å². The Morgan fingerprint density at radius 2 is 1.96 bits per heavy atom. The molecule has 2 aliphatic rings. The van der Waals surface area contributed by atoms with E-state index in [4.69, 9.17) is 9.47 Å². The van der Waals surface area contributed by atoms with Crippen molar-refractivity contribution in [2.45, 2.75) is 44.6 Å². The highest BCUT2D eigenvalue weighted by molar-refractivity contribution is 14.0. The zero-order chi connectivity index (χ0) is 18.7. The third-order valence-corrected chi connectivity index (χ3v) is 6.14. The Morgan fingerprint density at radius 1 is 1.19 bits per heavy atom. The van der Waals surface area contributed by atoms with Crippen molar-refractivity contribution in [2.75, 3.05) is 52.3 Å². The maximum absolute atomic E-state index is 11.9. The number of nitrogens with one attached hydrogen (secondary N) is 3. The van der Waals surface area contributed by atoms with Gasteiger partial charge in [0.15, 0.2) is 5.96 Å². The summed E-state index contributed by atoms with van der Waals surface area (Å²) in [4.78, 5) is 4.10. The van der Waals surface area contributed by atoms with Crippen LogP contribution < -0.4 is 15.4 Å². The summed E-state index contributed by atoms with van der Waals surface area (Å²) < 4.78 is 37.7. The fourth-order valence-electron chi connectivity index (χ4n) is 2.91. The molecule has 1 saturated carbocycles. The summed E-state index contributed by atoms with van der Waals surface area (Å²) in [6.07, 6.45) is 6.82. The Kier molecular flexibility index (Phi) is 12.8. The lowest BCUT2D eigenvalue weighted by atomic mass is 9.86. The molecule has 2 rings (SSSR count). The van der Waals surface area contributed by atoms with Crippen LogP contribution in [0.2, 0.25) is 0 Å². The monoisotopic (exact) mass is 518 g/mol. The molecule has 27 heavy (non-hydrogen) atoms. The molecule has 0 bridgehead atoms. The zero-order valence-electron chi connectivity index (χ0n) is 16.2. The van der Waals surface area contributed by atoms with Crippen molar-refractivity contribution < 1.29 is 17.9 Å². The number of hydrogen-bond donors (Lipinski definition) is 3. The van der Waals surface area contributed by atoms with Gasteiger partial charge in [0, 0.05) is 39.9 Å². The topological polar surface area (TPSA) is 101 Å². The molecule has 0 spiro atoms. The molecule has 0 radical (unpaired) electrons. The molecule has 160 valence electrons. The predicted octanol–water partition coefficient (Wildman–Crippen LogP) is 1.07. The van der Waals surface area contributed by atoms with E-state index in [9.17, 15) is 8.42 Å². The minimum atomic E-state index is -3.22. The van der Waals surface area contributed by atoms with Crippen LogP contribution >= 0.6 is 24.0 Å². The van der Waals surface area contributed by atoms with Gasteiger partial charge in [-0.25, -0.2) is 13.1 Å². The Hall–Kier alpha value is -0.170. The van der Waals surface area contributed by atoms with Crippen LogP contribution in [-0.4, -0.2) is 72.7 Å². The highest BCUT2D eigenvalue weighted by Crippen LogP contribution is 2.25. The molecule has 1 aliphatic heterocycles. The lowest BCUT2D eigenvalue weighted by Crippen LogP contribution is -2.42. The number of aliphatic imine (C=N–C) groups is 1. The quantitative estimate of drug-likeness (QED) is 0.155. The molecule has 0 aromatic heterocycles. The van der Waals surface area contributed by atoms with Crippen LogP contribution in [0.25, 0.3) is 0 Å². The number of guanidine groups is 1. The summed E-state index contributed by atoms with van der Waals surface area (Å²) in [7, 11) is -1.55. The average Bonchev–Trinajstić information content (AvgIpc) is 3.08.